The average Bonchev–Trinajstić information content (AvgIpc) is 2.91. The summed E-state index contributed by atoms with van der Waals surface area (Å²) in [5.41, 5.74) is 1.14. The number of aliphatic hydroxyl groups is 1. The van der Waals surface area contributed by atoms with Crippen LogP contribution in [0.2, 0.25) is 0 Å². The lowest BCUT2D eigenvalue weighted by molar-refractivity contribution is -0.174. The number of aromatic nitrogens is 2. The normalized spacial score (nSPS) is 24.7. The maximum atomic E-state index is 12.7. The Bertz CT molecular complexity index is 547. The zero-order valence-corrected chi connectivity index (χ0v) is 13.4. The van der Waals surface area contributed by atoms with Gasteiger partial charge in [-0.25, -0.2) is 0 Å². The van der Waals surface area contributed by atoms with Crippen LogP contribution in [0, 0.1) is 0 Å². The van der Waals surface area contributed by atoms with Gasteiger partial charge in [-0.15, -0.1) is 0 Å². The van der Waals surface area contributed by atoms with Crippen molar-refractivity contribution in [3.05, 3.63) is 17.5 Å². The third kappa shape index (κ3) is 2.65. The molecule has 122 valence electrons. The van der Waals surface area contributed by atoms with Gasteiger partial charge in [-0.2, -0.15) is 5.10 Å². The number of likely N-dealkylation sites (tertiary alicyclic amines) is 1. The fraction of sp³-hybridized carbons (Fsp3) is 0.750. The van der Waals surface area contributed by atoms with E-state index in [1.54, 1.807) is 4.68 Å². The van der Waals surface area contributed by atoms with Crippen molar-refractivity contribution in [2.24, 2.45) is 7.05 Å². The fourth-order valence-corrected chi connectivity index (χ4v) is 3.54. The van der Waals surface area contributed by atoms with Gasteiger partial charge in [-0.3, -0.25) is 9.48 Å². The Balaban J connectivity index is 1.68. The molecule has 2 aliphatic heterocycles. The van der Waals surface area contributed by atoms with Crippen molar-refractivity contribution in [2.75, 3.05) is 19.7 Å². The molecule has 6 heteroatoms. The summed E-state index contributed by atoms with van der Waals surface area (Å²) in [4.78, 5) is 14.5. The van der Waals surface area contributed by atoms with Crippen molar-refractivity contribution in [2.45, 2.75) is 50.7 Å². The number of amides is 1. The van der Waals surface area contributed by atoms with Crippen molar-refractivity contribution in [1.29, 1.82) is 0 Å². The first kappa shape index (κ1) is 15.5. The number of nitrogens with zero attached hydrogens (tertiary/aromatic N) is 3. The summed E-state index contributed by atoms with van der Waals surface area (Å²) in [6, 6.07) is 1.87. The average molecular weight is 307 g/mol. The molecule has 2 aliphatic rings. The molecular formula is C16H25N3O3. The minimum Gasteiger partial charge on any atom is -0.390 e. The van der Waals surface area contributed by atoms with E-state index < -0.39 is 11.7 Å². The highest BCUT2D eigenvalue weighted by Gasteiger charge is 2.44. The van der Waals surface area contributed by atoms with Crippen LogP contribution in [0.5, 0.6) is 0 Å². The molecule has 0 unspecified atom stereocenters. The molecule has 2 fully saturated rings. The Morgan fingerprint density at radius 2 is 2.23 bits per heavy atom. The van der Waals surface area contributed by atoms with Crippen molar-refractivity contribution in [3.8, 4) is 0 Å². The van der Waals surface area contributed by atoms with Gasteiger partial charge in [0, 0.05) is 26.7 Å². The molecule has 1 atom stereocenters. The van der Waals surface area contributed by atoms with Crippen LogP contribution in [0.4, 0.5) is 0 Å². The first-order valence-electron chi connectivity index (χ1n) is 8.20. The standard InChI is InChI=1S/C16H25N3O3/c1-3-12-11-13(18(2)17-12)15(21)19-8-6-16(7-9-19)14(20)5-4-10-22-16/h11,14,20H,3-10H2,1-2H3/t14-/m1/s1. The van der Waals surface area contributed by atoms with E-state index in [1.165, 1.54) is 0 Å². The second-order valence-corrected chi connectivity index (χ2v) is 6.36. The van der Waals surface area contributed by atoms with Crippen LogP contribution >= 0.6 is 0 Å². The molecule has 0 saturated carbocycles. The van der Waals surface area contributed by atoms with Gasteiger partial charge in [0.2, 0.25) is 0 Å². The molecule has 1 N–H and O–H groups in total. The number of ether oxygens (including phenoxy) is 1. The van der Waals surface area contributed by atoms with Gasteiger partial charge < -0.3 is 14.7 Å². The van der Waals surface area contributed by atoms with Crippen LogP contribution in [-0.4, -0.2) is 57.1 Å². The number of aryl methyl sites for hydroxylation is 2. The van der Waals surface area contributed by atoms with Crippen LogP contribution in [0.3, 0.4) is 0 Å². The second-order valence-electron chi connectivity index (χ2n) is 6.36. The number of hydrogen-bond donors (Lipinski definition) is 1. The van der Waals surface area contributed by atoms with Crippen molar-refractivity contribution >= 4 is 5.91 Å². The van der Waals surface area contributed by atoms with E-state index in [1.807, 2.05) is 24.9 Å². The summed E-state index contributed by atoms with van der Waals surface area (Å²) in [5.74, 6) is 0.0230. The van der Waals surface area contributed by atoms with Gasteiger partial charge >= 0.3 is 0 Å². The Morgan fingerprint density at radius 3 is 2.82 bits per heavy atom. The molecule has 2 saturated heterocycles. The predicted molar refractivity (Wildman–Crippen MR) is 81.6 cm³/mol. The fourth-order valence-electron chi connectivity index (χ4n) is 3.54. The number of aliphatic hydroxyl groups excluding tert-OH is 1. The maximum Gasteiger partial charge on any atom is 0.272 e. The van der Waals surface area contributed by atoms with E-state index in [2.05, 4.69) is 5.10 Å². The molecule has 1 spiro atoms. The Kier molecular flexibility index (Phi) is 4.23. The van der Waals surface area contributed by atoms with Gasteiger partial charge in [0.25, 0.3) is 5.91 Å². The van der Waals surface area contributed by atoms with Crippen LogP contribution < -0.4 is 0 Å². The summed E-state index contributed by atoms with van der Waals surface area (Å²) in [5, 5.41) is 14.6. The minimum atomic E-state index is -0.434. The third-order valence-corrected chi connectivity index (χ3v) is 5.03. The lowest BCUT2D eigenvalue weighted by Crippen LogP contribution is -2.56. The summed E-state index contributed by atoms with van der Waals surface area (Å²) >= 11 is 0. The number of carbonyl (C=O) groups excluding carboxylic acids is 1. The summed E-state index contributed by atoms with van der Waals surface area (Å²) < 4.78 is 7.56. The van der Waals surface area contributed by atoms with E-state index in [-0.39, 0.29) is 5.91 Å². The Labute approximate surface area is 131 Å². The quantitative estimate of drug-likeness (QED) is 0.889. The molecule has 1 amide bonds. The van der Waals surface area contributed by atoms with Crippen LogP contribution in [0.15, 0.2) is 6.07 Å². The smallest absolute Gasteiger partial charge is 0.272 e. The molecule has 3 heterocycles. The van der Waals surface area contributed by atoms with Crippen LogP contribution in [0.25, 0.3) is 0 Å². The number of hydrogen-bond acceptors (Lipinski definition) is 4. The highest BCUT2D eigenvalue weighted by atomic mass is 16.5. The van der Waals surface area contributed by atoms with E-state index in [4.69, 9.17) is 4.74 Å². The number of piperidine rings is 1. The zero-order chi connectivity index (χ0) is 15.7. The largest absolute Gasteiger partial charge is 0.390 e. The molecule has 0 radical (unpaired) electrons. The van der Waals surface area contributed by atoms with Crippen molar-refractivity contribution in [3.63, 3.8) is 0 Å². The van der Waals surface area contributed by atoms with Gasteiger partial charge in [0.05, 0.1) is 17.4 Å². The maximum absolute atomic E-state index is 12.7. The van der Waals surface area contributed by atoms with E-state index in [9.17, 15) is 9.90 Å². The summed E-state index contributed by atoms with van der Waals surface area (Å²) in [7, 11) is 1.81. The van der Waals surface area contributed by atoms with Crippen LogP contribution in [0.1, 0.15) is 48.8 Å². The minimum absolute atomic E-state index is 0.0230. The van der Waals surface area contributed by atoms with E-state index in [0.29, 0.717) is 38.2 Å². The molecule has 6 nitrogen and oxygen atoms in total. The third-order valence-electron chi connectivity index (χ3n) is 5.03. The number of rotatable bonds is 2. The van der Waals surface area contributed by atoms with E-state index in [0.717, 1.165) is 25.0 Å². The number of carbonyl (C=O) groups is 1. The Hall–Kier alpha value is -1.40. The monoisotopic (exact) mass is 307 g/mol. The molecule has 0 aliphatic carbocycles. The summed E-state index contributed by atoms with van der Waals surface area (Å²) in [6.07, 6.45) is 3.55. The van der Waals surface area contributed by atoms with Gasteiger partial charge in [-0.1, -0.05) is 6.92 Å². The van der Waals surface area contributed by atoms with Crippen LogP contribution in [-0.2, 0) is 18.2 Å². The van der Waals surface area contributed by atoms with E-state index >= 15 is 0 Å². The molecule has 1 aromatic heterocycles. The first-order valence-corrected chi connectivity index (χ1v) is 8.20. The second kappa shape index (κ2) is 6.01. The lowest BCUT2D eigenvalue weighted by Gasteiger charge is -2.46. The highest BCUT2D eigenvalue weighted by molar-refractivity contribution is 5.92. The van der Waals surface area contributed by atoms with Gasteiger partial charge in [0.1, 0.15) is 5.69 Å². The van der Waals surface area contributed by atoms with Gasteiger partial charge in [0.15, 0.2) is 0 Å². The predicted octanol–water partition coefficient (Wildman–Crippen LogP) is 1.13. The topological polar surface area (TPSA) is 67.6 Å². The summed E-state index contributed by atoms with van der Waals surface area (Å²) in [6.45, 7) is 4.00. The van der Waals surface area contributed by atoms with Gasteiger partial charge in [-0.05, 0) is 38.2 Å². The highest BCUT2D eigenvalue weighted by Crippen LogP contribution is 2.35. The SMILES string of the molecule is CCc1cc(C(=O)N2CCC3(CC2)OCCC[C@H]3O)n(C)n1. The Morgan fingerprint density at radius 1 is 1.50 bits per heavy atom. The lowest BCUT2D eigenvalue weighted by atomic mass is 9.82. The molecule has 1 aromatic rings. The van der Waals surface area contributed by atoms with Crippen molar-refractivity contribution < 1.29 is 14.6 Å². The molecule has 0 bridgehead atoms. The molecule has 0 aromatic carbocycles. The molecule has 3 rings (SSSR count). The molecule has 22 heavy (non-hydrogen) atoms. The van der Waals surface area contributed by atoms with Crippen molar-refractivity contribution in [1.82, 2.24) is 14.7 Å². The first-order chi connectivity index (χ1) is 10.6. The molecular weight excluding hydrogens is 282 g/mol. The zero-order valence-electron chi connectivity index (χ0n) is 13.4.